The first kappa shape index (κ1) is 16.1. The molecule has 1 N–H and O–H groups in total. The Labute approximate surface area is 144 Å². The van der Waals surface area contributed by atoms with Crippen LogP contribution >= 0.6 is 11.6 Å². The Balaban J connectivity index is 1.59. The molecule has 0 bridgehead atoms. The van der Waals surface area contributed by atoms with Crippen molar-refractivity contribution in [3.05, 3.63) is 0 Å². The van der Waals surface area contributed by atoms with Crippen molar-refractivity contribution in [1.29, 1.82) is 0 Å². The largest absolute Gasteiger partial charge is 0.391 e. The summed E-state index contributed by atoms with van der Waals surface area (Å²) in [4.78, 5) is 7.20. The molecule has 8 atom stereocenters. The molecule has 132 valence electrons. The quantitative estimate of drug-likeness (QED) is 0.763. The highest BCUT2D eigenvalue weighted by molar-refractivity contribution is 6.20. The van der Waals surface area contributed by atoms with Gasteiger partial charge >= 0.3 is 0 Å². The molecular weight excluding hydrogens is 310 g/mol. The van der Waals surface area contributed by atoms with E-state index in [2.05, 4.69) is 49.0 Å². The molecule has 0 aromatic carbocycles. The van der Waals surface area contributed by atoms with E-state index in [0.29, 0.717) is 35.2 Å². The van der Waals surface area contributed by atoms with Crippen molar-refractivity contribution >= 4 is 11.6 Å². The molecule has 5 heteroatoms. The van der Waals surface area contributed by atoms with Gasteiger partial charge in [0, 0.05) is 5.38 Å². The maximum Gasteiger partial charge on any atom is 0.0988 e. The molecule has 4 rings (SSSR count). The predicted octanol–water partition coefficient (Wildman–Crippen LogP) is 4.22. The molecule has 2 fully saturated rings. The molecule has 0 radical (unpaired) electrons. The van der Waals surface area contributed by atoms with Gasteiger partial charge in [0.2, 0.25) is 0 Å². The van der Waals surface area contributed by atoms with Crippen LogP contribution in [0.1, 0.15) is 78.4 Å². The molecule has 1 aromatic rings. The lowest BCUT2D eigenvalue weighted by Crippen LogP contribution is -2.43. The zero-order valence-electron chi connectivity index (χ0n) is 15.1. The molecule has 0 saturated heterocycles. The van der Waals surface area contributed by atoms with Crippen LogP contribution in [0.4, 0.5) is 0 Å². The Morgan fingerprint density at radius 1 is 0.957 bits per heavy atom. The molecule has 0 amide bonds. The number of nitrogens with zero attached hydrogens (tertiary/aromatic N) is 3. The van der Waals surface area contributed by atoms with Gasteiger partial charge in [-0.25, -0.2) is 0 Å². The van der Waals surface area contributed by atoms with Crippen LogP contribution in [0, 0.1) is 23.2 Å². The van der Waals surface area contributed by atoms with E-state index in [0.717, 1.165) is 19.3 Å². The normalized spacial score (nSPS) is 47.1. The van der Waals surface area contributed by atoms with Crippen molar-refractivity contribution in [1.82, 2.24) is 14.4 Å². The number of aliphatic hydroxyl groups excluding tert-OH is 1. The first-order chi connectivity index (χ1) is 10.7. The minimum Gasteiger partial charge on any atom is -0.391 e. The second-order valence-electron chi connectivity index (χ2n) is 9.58. The van der Waals surface area contributed by atoms with E-state index in [1.807, 2.05) is 0 Å². The van der Waals surface area contributed by atoms with Gasteiger partial charge in [0.1, 0.15) is 0 Å². The molecule has 0 spiro atoms. The van der Waals surface area contributed by atoms with Crippen LogP contribution in [0.5, 0.6) is 0 Å². The van der Waals surface area contributed by atoms with Crippen LogP contribution in [-0.2, 0) is 0 Å². The molecule has 1 aliphatic heterocycles. The minimum atomic E-state index is -0.235. The summed E-state index contributed by atoms with van der Waals surface area (Å²) in [5, 5.41) is 11.4. The topological polar surface area (TPSA) is 35.0 Å². The molecule has 3 aliphatic rings. The second-order valence-corrected chi connectivity index (χ2v) is 10.1. The number of alkyl halides is 1. The molecule has 2 aliphatic carbocycles. The van der Waals surface area contributed by atoms with Crippen LogP contribution in [0.3, 0.4) is 0 Å². The maximum atomic E-state index is 11.1. The van der Waals surface area contributed by atoms with Gasteiger partial charge in [0.05, 0.1) is 24.2 Å². The fourth-order valence-electron chi connectivity index (χ4n) is 5.50. The van der Waals surface area contributed by atoms with E-state index in [1.54, 1.807) is 0 Å². The highest BCUT2D eigenvalue weighted by Crippen LogP contribution is 2.55. The number of fused-ring (bicyclic) bond motifs is 4. The monoisotopic (exact) mass is 341 g/mol. The molecular formula is C18H32ClN3O. The number of hydrogen-bond acceptors (Lipinski definition) is 1. The zero-order valence-corrected chi connectivity index (χ0v) is 15.9. The van der Waals surface area contributed by atoms with Gasteiger partial charge in [-0.3, -0.25) is 0 Å². The second kappa shape index (κ2) is 5.08. The summed E-state index contributed by atoms with van der Waals surface area (Å²) in [6.07, 6.45) is 4.31. The number of rotatable bonds is 1. The number of aliphatic hydroxyl groups is 1. The van der Waals surface area contributed by atoms with Crippen molar-refractivity contribution < 1.29 is 5.11 Å². The standard InChI is InChI=1S/C18H32ClN3O/c1-10-8-12(18(3,4)5)17(23)15(9-10)21-20-14-7-6-13(19)11(2)16(14)22(20)21/h10-17,23H,6-9H2,1-5H3. The highest BCUT2D eigenvalue weighted by atomic mass is 35.5. The summed E-state index contributed by atoms with van der Waals surface area (Å²) in [5.74, 6) is 1.59. The summed E-state index contributed by atoms with van der Waals surface area (Å²) in [7, 11) is 0. The Morgan fingerprint density at radius 2 is 1.61 bits per heavy atom. The SMILES string of the molecule is CC1CC(n2n3n2C2C(C)C(Cl)CCC23)C(O)C(C(C)(C)C)C1. The molecule has 2 saturated carbocycles. The van der Waals surface area contributed by atoms with E-state index in [1.165, 1.54) is 6.42 Å². The average molecular weight is 342 g/mol. The highest BCUT2D eigenvalue weighted by Gasteiger charge is 2.57. The average Bonchev–Trinajstić information content (AvgIpc) is 3.07. The van der Waals surface area contributed by atoms with E-state index in [9.17, 15) is 5.11 Å². The molecule has 1 aromatic heterocycles. The first-order valence-electron chi connectivity index (χ1n) is 9.41. The lowest BCUT2D eigenvalue weighted by molar-refractivity contribution is -0.0428. The number of halogens is 1. The van der Waals surface area contributed by atoms with Gasteiger partial charge in [-0.05, 0) is 48.9 Å². The molecule has 8 unspecified atom stereocenters. The van der Waals surface area contributed by atoms with E-state index in [-0.39, 0.29) is 17.6 Å². The number of hydrogen-bond donors (Lipinski definition) is 1. The lowest BCUT2D eigenvalue weighted by Gasteiger charge is -2.43. The van der Waals surface area contributed by atoms with Crippen molar-refractivity contribution in [2.75, 3.05) is 0 Å². The van der Waals surface area contributed by atoms with E-state index < -0.39 is 0 Å². The smallest absolute Gasteiger partial charge is 0.0988 e. The summed E-state index contributed by atoms with van der Waals surface area (Å²) in [6, 6.07) is 1.43. The molecule has 23 heavy (non-hydrogen) atoms. The van der Waals surface area contributed by atoms with Crippen LogP contribution in [0.25, 0.3) is 0 Å². The fraction of sp³-hybridized carbons (Fsp3) is 1.00. The zero-order chi connectivity index (χ0) is 16.7. The summed E-state index contributed by atoms with van der Waals surface area (Å²) >= 11 is 6.50. The third kappa shape index (κ3) is 2.27. The van der Waals surface area contributed by atoms with Crippen LogP contribution < -0.4 is 0 Å². The van der Waals surface area contributed by atoms with Gasteiger partial charge in [-0.2, -0.15) is 14.4 Å². The van der Waals surface area contributed by atoms with Crippen LogP contribution in [-0.4, -0.2) is 31.0 Å². The van der Waals surface area contributed by atoms with Crippen LogP contribution in [0.15, 0.2) is 0 Å². The Hall–Kier alpha value is -0.350. The lowest BCUT2D eigenvalue weighted by atomic mass is 9.66. The van der Waals surface area contributed by atoms with Crippen molar-refractivity contribution in [3.63, 3.8) is 0 Å². The number of aromatic nitrogens is 3. The van der Waals surface area contributed by atoms with Gasteiger partial charge in [0.15, 0.2) is 0 Å². The van der Waals surface area contributed by atoms with E-state index >= 15 is 0 Å². The summed E-state index contributed by atoms with van der Waals surface area (Å²) < 4.78 is 0. The Kier molecular flexibility index (Phi) is 3.56. The van der Waals surface area contributed by atoms with Crippen molar-refractivity contribution in [3.8, 4) is 0 Å². The first-order valence-corrected chi connectivity index (χ1v) is 9.85. The fourth-order valence-corrected chi connectivity index (χ4v) is 5.77. The Bertz CT molecular complexity index is 580. The van der Waals surface area contributed by atoms with E-state index in [4.69, 9.17) is 11.6 Å². The van der Waals surface area contributed by atoms with Gasteiger partial charge < -0.3 is 5.11 Å². The van der Waals surface area contributed by atoms with Crippen LogP contribution in [0.2, 0.25) is 0 Å². The maximum absolute atomic E-state index is 11.1. The summed E-state index contributed by atoms with van der Waals surface area (Å²) in [6.45, 7) is 11.5. The van der Waals surface area contributed by atoms with Gasteiger partial charge in [0.25, 0.3) is 0 Å². The molecule has 2 heterocycles. The van der Waals surface area contributed by atoms with Gasteiger partial charge in [-0.15, -0.1) is 11.6 Å². The van der Waals surface area contributed by atoms with Crippen molar-refractivity contribution in [2.24, 2.45) is 23.2 Å². The Morgan fingerprint density at radius 3 is 2.26 bits per heavy atom. The van der Waals surface area contributed by atoms with Gasteiger partial charge in [-0.1, -0.05) is 34.6 Å². The molecule has 4 nitrogen and oxygen atoms in total. The summed E-state index contributed by atoms with van der Waals surface area (Å²) in [5.41, 5.74) is 0.160. The third-order valence-electron chi connectivity index (χ3n) is 6.92. The minimum absolute atomic E-state index is 0.160. The third-order valence-corrected chi connectivity index (χ3v) is 7.54. The predicted molar refractivity (Wildman–Crippen MR) is 92.9 cm³/mol. The van der Waals surface area contributed by atoms with Crippen molar-refractivity contribution in [2.45, 2.75) is 89.9 Å².